The zero-order valence-electron chi connectivity index (χ0n) is 18.3. The molecule has 0 aliphatic carbocycles. The van der Waals surface area contributed by atoms with E-state index in [0.717, 1.165) is 41.0 Å². The van der Waals surface area contributed by atoms with E-state index in [1.165, 1.54) is 16.9 Å². The molecule has 164 valence electrons. The van der Waals surface area contributed by atoms with Crippen molar-refractivity contribution in [1.29, 1.82) is 0 Å². The maximum atomic E-state index is 13.3. The number of likely N-dealkylation sites (tertiary alicyclic amines) is 1. The number of nitrogens with zero attached hydrogens (tertiary/aromatic N) is 4. The van der Waals surface area contributed by atoms with Gasteiger partial charge in [0.15, 0.2) is 0 Å². The summed E-state index contributed by atoms with van der Waals surface area (Å²) in [5.41, 5.74) is 4.18. The fourth-order valence-corrected chi connectivity index (χ4v) is 5.53. The highest BCUT2D eigenvalue weighted by atomic mass is 32.1. The van der Waals surface area contributed by atoms with Gasteiger partial charge in [-0.25, -0.2) is 4.98 Å². The van der Waals surface area contributed by atoms with Gasteiger partial charge in [-0.2, -0.15) is 0 Å². The summed E-state index contributed by atoms with van der Waals surface area (Å²) in [6.45, 7) is 3.15. The van der Waals surface area contributed by atoms with Crippen LogP contribution in [0.4, 0.5) is 0 Å². The SMILES string of the molecule is Cc1ccc(-c2csc3ncn(CCC(=O)N4CCCC4c4cccn4C)c(=O)c23)cc1. The number of thiophene rings is 1. The summed E-state index contributed by atoms with van der Waals surface area (Å²) < 4.78 is 3.67. The van der Waals surface area contributed by atoms with E-state index in [9.17, 15) is 9.59 Å². The van der Waals surface area contributed by atoms with Crippen LogP contribution in [-0.2, 0) is 18.4 Å². The van der Waals surface area contributed by atoms with Crippen molar-refractivity contribution in [1.82, 2.24) is 19.0 Å². The van der Waals surface area contributed by atoms with Gasteiger partial charge in [0.25, 0.3) is 5.56 Å². The maximum Gasteiger partial charge on any atom is 0.262 e. The van der Waals surface area contributed by atoms with Crippen molar-refractivity contribution in [2.45, 2.75) is 38.8 Å². The number of aromatic nitrogens is 3. The summed E-state index contributed by atoms with van der Waals surface area (Å²) >= 11 is 1.48. The normalized spacial score (nSPS) is 16.2. The summed E-state index contributed by atoms with van der Waals surface area (Å²) in [5.74, 6) is 0.0878. The monoisotopic (exact) mass is 446 g/mol. The minimum Gasteiger partial charge on any atom is -0.353 e. The molecule has 7 heteroatoms. The van der Waals surface area contributed by atoms with E-state index >= 15 is 0 Å². The van der Waals surface area contributed by atoms with Crippen molar-refractivity contribution >= 4 is 27.5 Å². The fourth-order valence-electron chi connectivity index (χ4n) is 4.63. The highest BCUT2D eigenvalue weighted by molar-refractivity contribution is 7.17. The van der Waals surface area contributed by atoms with Gasteiger partial charge in [-0.05, 0) is 37.5 Å². The summed E-state index contributed by atoms with van der Waals surface area (Å²) in [5, 5.41) is 2.63. The van der Waals surface area contributed by atoms with Gasteiger partial charge in [0.1, 0.15) is 4.83 Å². The molecule has 3 aromatic heterocycles. The Bertz CT molecular complexity index is 1330. The first-order valence-corrected chi connectivity index (χ1v) is 11.9. The number of hydrogen-bond donors (Lipinski definition) is 0. The molecule has 4 heterocycles. The molecule has 6 nitrogen and oxygen atoms in total. The van der Waals surface area contributed by atoms with E-state index in [1.54, 1.807) is 10.9 Å². The van der Waals surface area contributed by atoms with Crippen LogP contribution in [0.15, 0.2) is 59.1 Å². The molecule has 0 saturated carbocycles. The van der Waals surface area contributed by atoms with E-state index in [2.05, 4.69) is 15.6 Å². The van der Waals surface area contributed by atoms with E-state index in [4.69, 9.17) is 0 Å². The first-order chi connectivity index (χ1) is 15.5. The summed E-state index contributed by atoms with van der Waals surface area (Å²) in [7, 11) is 2.02. The van der Waals surface area contributed by atoms with Crippen molar-refractivity contribution in [3.8, 4) is 11.1 Å². The number of carbonyl (C=O) groups is 1. The molecule has 1 unspecified atom stereocenters. The molecule has 32 heavy (non-hydrogen) atoms. The van der Waals surface area contributed by atoms with Crippen LogP contribution in [-0.4, -0.2) is 31.5 Å². The Labute approximate surface area is 190 Å². The molecule has 1 saturated heterocycles. The topological polar surface area (TPSA) is 60.1 Å². The molecule has 1 aromatic carbocycles. The Morgan fingerprint density at radius 1 is 1.22 bits per heavy atom. The highest BCUT2D eigenvalue weighted by Gasteiger charge is 2.31. The van der Waals surface area contributed by atoms with Gasteiger partial charge in [0.05, 0.1) is 17.8 Å². The molecular formula is C25H26N4O2S. The van der Waals surface area contributed by atoms with E-state index in [1.807, 2.05) is 60.8 Å². The molecule has 1 atom stereocenters. The first-order valence-electron chi connectivity index (χ1n) is 11.0. The van der Waals surface area contributed by atoms with Crippen LogP contribution in [0.5, 0.6) is 0 Å². The van der Waals surface area contributed by atoms with E-state index in [-0.39, 0.29) is 23.9 Å². The third-order valence-electron chi connectivity index (χ3n) is 6.39. The number of fused-ring (bicyclic) bond motifs is 1. The van der Waals surface area contributed by atoms with Crippen molar-refractivity contribution < 1.29 is 4.79 Å². The van der Waals surface area contributed by atoms with Crippen LogP contribution in [0.1, 0.15) is 36.6 Å². The second-order valence-corrected chi connectivity index (χ2v) is 9.34. The van der Waals surface area contributed by atoms with Crippen LogP contribution in [0, 0.1) is 6.92 Å². The Morgan fingerprint density at radius 3 is 2.78 bits per heavy atom. The third-order valence-corrected chi connectivity index (χ3v) is 7.27. The molecule has 4 aromatic rings. The number of rotatable bonds is 5. The molecule has 0 radical (unpaired) electrons. The number of aryl methyl sites for hydroxylation is 3. The van der Waals surface area contributed by atoms with Gasteiger partial charge < -0.3 is 9.47 Å². The summed E-state index contributed by atoms with van der Waals surface area (Å²) in [6.07, 6.45) is 5.86. The average molecular weight is 447 g/mol. The van der Waals surface area contributed by atoms with Crippen LogP contribution >= 0.6 is 11.3 Å². The molecule has 0 bridgehead atoms. The third kappa shape index (κ3) is 3.66. The molecule has 1 aliphatic rings. The van der Waals surface area contributed by atoms with Gasteiger partial charge in [0.2, 0.25) is 5.91 Å². The Balaban J connectivity index is 1.38. The fraction of sp³-hybridized carbons (Fsp3) is 0.320. The van der Waals surface area contributed by atoms with Gasteiger partial charge in [-0.1, -0.05) is 29.8 Å². The van der Waals surface area contributed by atoms with E-state index in [0.29, 0.717) is 11.9 Å². The van der Waals surface area contributed by atoms with Crippen molar-refractivity contribution in [3.05, 3.63) is 75.9 Å². The van der Waals surface area contributed by atoms with Crippen molar-refractivity contribution in [3.63, 3.8) is 0 Å². The Kier molecular flexibility index (Phi) is 5.43. The van der Waals surface area contributed by atoms with Gasteiger partial charge in [-0.3, -0.25) is 14.2 Å². The molecular weight excluding hydrogens is 420 g/mol. The van der Waals surface area contributed by atoms with Crippen molar-refractivity contribution in [2.24, 2.45) is 7.05 Å². The second kappa shape index (κ2) is 8.39. The summed E-state index contributed by atoms with van der Waals surface area (Å²) in [6, 6.07) is 12.4. The van der Waals surface area contributed by atoms with Crippen LogP contribution < -0.4 is 5.56 Å². The largest absolute Gasteiger partial charge is 0.353 e. The van der Waals surface area contributed by atoms with Crippen LogP contribution in [0.3, 0.4) is 0 Å². The quantitative estimate of drug-likeness (QED) is 0.453. The first kappa shape index (κ1) is 20.7. The Morgan fingerprint density at radius 2 is 2.03 bits per heavy atom. The van der Waals surface area contributed by atoms with Crippen LogP contribution in [0.25, 0.3) is 21.3 Å². The molecule has 0 N–H and O–H groups in total. The lowest BCUT2D eigenvalue weighted by atomic mass is 10.1. The molecule has 0 spiro atoms. The molecule has 1 fully saturated rings. The molecule has 1 amide bonds. The predicted octanol–water partition coefficient (Wildman–Crippen LogP) is 4.53. The zero-order valence-corrected chi connectivity index (χ0v) is 19.1. The minimum absolute atomic E-state index is 0.0833. The number of carbonyl (C=O) groups excluding carboxylic acids is 1. The average Bonchev–Trinajstić information content (AvgIpc) is 3.53. The van der Waals surface area contributed by atoms with Crippen molar-refractivity contribution in [2.75, 3.05) is 6.54 Å². The lowest BCUT2D eigenvalue weighted by molar-refractivity contribution is -0.132. The summed E-state index contributed by atoms with van der Waals surface area (Å²) in [4.78, 5) is 33.5. The lowest BCUT2D eigenvalue weighted by Gasteiger charge is -2.25. The smallest absolute Gasteiger partial charge is 0.262 e. The highest BCUT2D eigenvalue weighted by Crippen LogP contribution is 2.33. The Hall–Kier alpha value is -3.19. The number of hydrogen-bond acceptors (Lipinski definition) is 4. The zero-order chi connectivity index (χ0) is 22.2. The predicted molar refractivity (Wildman–Crippen MR) is 128 cm³/mol. The van der Waals surface area contributed by atoms with Crippen LogP contribution in [0.2, 0.25) is 0 Å². The molecule has 5 rings (SSSR count). The number of benzene rings is 1. The van der Waals surface area contributed by atoms with Gasteiger partial charge >= 0.3 is 0 Å². The second-order valence-electron chi connectivity index (χ2n) is 8.48. The van der Waals surface area contributed by atoms with Gasteiger partial charge in [-0.15, -0.1) is 11.3 Å². The number of amides is 1. The standard InChI is InChI=1S/C25H26N4O2S/c1-17-7-9-18(10-8-17)19-15-32-24-23(19)25(31)28(16-26-24)14-11-22(30)29-13-4-6-21(29)20-5-3-12-27(20)2/h3,5,7-10,12,15-16,21H,4,6,11,13-14H2,1-2H3. The van der Waals surface area contributed by atoms with Gasteiger partial charge in [0, 0.05) is 49.4 Å². The maximum absolute atomic E-state index is 13.3. The molecule has 1 aliphatic heterocycles. The lowest BCUT2D eigenvalue weighted by Crippen LogP contribution is -2.33. The minimum atomic E-state index is -0.0833. The van der Waals surface area contributed by atoms with E-state index < -0.39 is 0 Å².